The number of H-pyrrole nitrogens is 1. The van der Waals surface area contributed by atoms with Gasteiger partial charge in [-0.05, 0) is 17.9 Å². The maximum atomic E-state index is 4.46. The van der Waals surface area contributed by atoms with Gasteiger partial charge in [-0.15, -0.1) is 0 Å². The van der Waals surface area contributed by atoms with Crippen LogP contribution < -0.4 is 9.80 Å². The second kappa shape index (κ2) is 5.05. The second-order valence-electron chi connectivity index (χ2n) is 6.07. The van der Waals surface area contributed by atoms with E-state index in [1.165, 1.54) is 27.7 Å². The van der Waals surface area contributed by atoms with Gasteiger partial charge in [0.05, 0.1) is 12.2 Å². The fourth-order valence-corrected chi connectivity index (χ4v) is 3.36. The van der Waals surface area contributed by atoms with E-state index in [4.69, 9.17) is 0 Å². The molecule has 0 atom stereocenters. The number of hydrogen-bond donors (Lipinski definition) is 1. The molecule has 2 heterocycles. The zero-order chi connectivity index (χ0) is 15.1. The van der Waals surface area contributed by atoms with Gasteiger partial charge in [0.2, 0.25) is 0 Å². The molecule has 0 spiro atoms. The van der Waals surface area contributed by atoms with E-state index < -0.39 is 0 Å². The third kappa shape index (κ3) is 2.03. The molecule has 22 heavy (non-hydrogen) atoms. The highest BCUT2D eigenvalue weighted by Gasteiger charge is 2.23. The first-order valence-electron chi connectivity index (χ1n) is 7.70. The second-order valence-corrected chi connectivity index (χ2v) is 6.07. The first kappa shape index (κ1) is 13.2. The summed E-state index contributed by atoms with van der Waals surface area (Å²) in [5.74, 6) is 1.08. The van der Waals surface area contributed by atoms with E-state index in [0.717, 1.165) is 25.3 Å². The molecule has 0 unspecified atom stereocenters. The molecular weight excluding hydrogens is 272 g/mol. The number of anilines is 2. The average Bonchev–Trinajstić information content (AvgIpc) is 2.97. The van der Waals surface area contributed by atoms with Crippen LogP contribution in [0.1, 0.15) is 11.3 Å². The van der Waals surface area contributed by atoms with Crippen LogP contribution in [0.2, 0.25) is 0 Å². The molecule has 1 N–H and O–H groups in total. The summed E-state index contributed by atoms with van der Waals surface area (Å²) >= 11 is 0. The summed E-state index contributed by atoms with van der Waals surface area (Å²) in [7, 11) is 4.10. The number of rotatable bonds is 2. The van der Waals surface area contributed by atoms with Crippen molar-refractivity contribution in [1.29, 1.82) is 0 Å². The van der Waals surface area contributed by atoms with Crippen molar-refractivity contribution in [2.75, 3.05) is 30.4 Å². The minimum atomic E-state index is 0.893. The highest BCUT2D eigenvalue weighted by atomic mass is 15.3. The van der Waals surface area contributed by atoms with Crippen molar-refractivity contribution >= 4 is 22.3 Å². The molecule has 1 aromatic heterocycles. The van der Waals surface area contributed by atoms with E-state index in [-0.39, 0.29) is 0 Å². The number of aromatic amines is 1. The number of hydrogen-bond acceptors (Lipinski definition) is 3. The fraction of sp³-hybridized carbons (Fsp3) is 0.278. The van der Waals surface area contributed by atoms with Crippen LogP contribution in [-0.2, 0) is 13.0 Å². The first-order valence-corrected chi connectivity index (χ1v) is 7.70. The van der Waals surface area contributed by atoms with Crippen molar-refractivity contribution in [3.63, 3.8) is 0 Å². The Bertz CT molecular complexity index is 814. The highest BCUT2D eigenvalue weighted by molar-refractivity contribution is 5.94. The molecule has 4 nitrogen and oxygen atoms in total. The molecule has 3 aromatic rings. The summed E-state index contributed by atoms with van der Waals surface area (Å²) in [6, 6.07) is 15.1. The molecule has 112 valence electrons. The zero-order valence-electron chi connectivity index (χ0n) is 13.0. The van der Waals surface area contributed by atoms with Crippen LogP contribution in [0.4, 0.5) is 11.5 Å². The molecule has 0 radical (unpaired) electrons. The lowest BCUT2D eigenvalue weighted by Gasteiger charge is -2.30. The van der Waals surface area contributed by atoms with E-state index in [1.54, 1.807) is 0 Å². The normalized spacial score (nSPS) is 14.2. The number of nitrogens with zero attached hydrogens (tertiary/aromatic N) is 3. The molecule has 0 bridgehead atoms. The summed E-state index contributed by atoms with van der Waals surface area (Å²) < 4.78 is 0. The van der Waals surface area contributed by atoms with E-state index in [1.807, 2.05) is 14.1 Å². The SMILES string of the molecule is CN(C)c1n[nH]c2c1CCN(c1cccc3ccccc13)C2. The summed E-state index contributed by atoms with van der Waals surface area (Å²) in [4.78, 5) is 4.53. The van der Waals surface area contributed by atoms with Crippen LogP contribution in [-0.4, -0.2) is 30.8 Å². The molecule has 1 aliphatic heterocycles. The van der Waals surface area contributed by atoms with Gasteiger partial charge in [-0.1, -0.05) is 36.4 Å². The van der Waals surface area contributed by atoms with Crippen LogP contribution in [0.5, 0.6) is 0 Å². The molecular formula is C18H20N4. The Morgan fingerprint density at radius 3 is 2.77 bits per heavy atom. The zero-order valence-corrected chi connectivity index (χ0v) is 13.0. The Kier molecular flexibility index (Phi) is 3.03. The quantitative estimate of drug-likeness (QED) is 0.788. The third-order valence-corrected chi connectivity index (χ3v) is 4.44. The van der Waals surface area contributed by atoms with Crippen molar-refractivity contribution in [3.05, 3.63) is 53.7 Å². The minimum absolute atomic E-state index is 0.893. The topological polar surface area (TPSA) is 35.2 Å². The predicted molar refractivity (Wildman–Crippen MR) is 91.6 cm³/mol. The molecule has 4 rings (SSSR count). The van der Waals surface area contributed by atoms with Crippen LogP contribution in [0.25, 0.3) is 10.8 Å². The van der Waals surface area contributed by atoms with Gasteiger partial charge in [-0.3, -0.25) is 5.10 Å². The van der Waals surface area contributed by atoms with Crippen molar-refractivity contribution in [1.82, 2.24) is 10.2 Å². The van der Waals surface area contributed by atoms with Crippen LogP contribution >= 0.6 is 0 Å². The molecule has 0 saturated carbocycles. The summed E-state index contributed by atoms with van der Waals surface area (Å²) in [5.41, 5.74) is 3.91. The number of nitrogens with one attached hydrogen (secondary N) is 1. The van der Waals surface area contributed by atoms with Gasteiger partial charge in [0, 0.05) is 37.3 Å². The van der Waals surface area contributed by atoms with Crippen LogP contribution in [0, 0.1) is 0 Å². The molecule has 0 saturated heterocycles. The first-order chi connectivity index (χ1) is 10.7. The van der Waals surface area contributed by atoms with Gasteiger partial charge >= 0.3 is 0 Å². The van der Waals surface area contributed by atoms with Crippen molar-refractivity contribution in [2.45, 2.75) is 13.0 Å². The molecule has 0 amide bonds. The van der Waals surface area contributed by atoms with E-state index in [0.29, 0.717) is 0 Å². The maximum absolute atomic E-state index is 4.46. The summed E-state index contributed by atoms with van der Waals surface area (Å²) in [6.45, 7) is 1.92. The van der Waals surface area contributed by atoms with E-state index >= 15 is 0 Å². The number of benzene rings is 2. The Balaban J connectivity index is 1.72. The lowest BCUT2D eigenvalue weighted by Crippen LogP contribution is -2.30. The van der Waals surface area contributed by atoms with E-state index in [9.17, 15) is 0 Å². The monoisotopic (exact) mass is 292 g/mol. The van der Waals surface area contributed by atoms with Crippen molar-refractivity contribution in [2.24, 2.45) is 0 Å². The Morgan fingerprint density at radius 2 is 1.91 bits per heavy atom. The molecule has 0 fully saturated rings. The minimum Gasteiger partial charge on any atom is -0.365 e. The van der Waals surface area contributed by atoms with Crippen LogP contribution in [0.15, 0.2) is 42.5 Å². The van der Waals surface area contributed by atoms with Gasteiger partial charge in [0.15, 0.2) is 5.82 Å². The third-order valence-electron chi connectivity index (χ3n) is 4.44. The van der Waals surface area contributed by atoms with Gasteiger partial charge in [-0.25, -0.2) is 0 Å². The molecule has 1 aliphatic rings. The Hall–Kier alpha value is -2.49. The molecule has 2 aromatic carbocycles. The molecule has 0 aliphatic carbocycles. The lowest BCUT2D eigenvalue weighted by molar-refractivity contribution is 0.719. The predicted octanol–water partition coefficient (Wildman–Crippen LogP) is 3.19. The largest absolute Gasteiger partial charge is 0.365 e. The van der Waals surface area contributed by atoms with Gasteiger partial charge in [0.1, 0.15) is 0 Å². The van der Waals surface area contributed by atoms with E-state index in [2.05, 4.69) is 62.5 Å². The maximum Gasteiger partial charge on any atom is 0.153 e. The summed E-state index contributed by atoms with van der Waals surface area (Å²) in [5, 5.41) is 10.3. The number of fused-ring (bicyclic) bond motifs is 2. The Morgan fingerprint density at radius 1 is 1.09 bits per heavy atom. The summed E-state index contributed by atoms with van der Waals surface area (Å²) in [6.07, 6.45) is 1.03. The van der Waals surface area contributed by atoms with Gasteiger partial charge in [-0.2, -0.15) is 5.10 Å². The van der Waals surface area contributed by atoms with Gasteiger partial charge in [0.25, 0.3) is 0 Å². The Labute approximate surface area is 130 Å². The standard InChI is InChI=1S/C18H20N4/c1-21(2)18-15-10-11-22(12-16(15)19-20-18)17-9-5-7-13-6-3-4-8-14(13)17/h3-9H,10-12H2,1-2H3,(H,19,20). The average molecular weight is 292 g/mol. The highest BCUT2D eigenvalue weighted by Crippen LogP contribution is 2.32. The molecule has 4 heteroatoms. The van der Waals surface area contributed by atoms with Gasteiger partial charge < -0.3 is 9.80 Å². The van der Waals surface area contributed by atoms with Crippen LogP contribution in [0.3, 0.4) is 0 Å². The fourth-order valence-electron chi connectivity index (χ4n) is 3.36. The number of aromatic nitrogens is 2. The van der Waals surface area contributed by atoms with Crippen molar-refractivity contribution in [3.8, 4) is 0 Å². The van der Waals surface area contributed by atoms with Crippen molar-refractivity contribution < 1.29 is 0 Å². The smallest absolute Gasteiger partial charge is 0.153 e. The lowest BCUT2D eigenvalue weighted by atomic mass is 10.0.